The van der Waals surface area contributed by atoms with E-state index in [1.165, 1.54) is 0 Å². The van der Waals surface area contributed by atoms with Crippen LogP contribution in [0, 0.1) is 6.92 Å². The van der Waals surface area contributed by atoms with Crippen LogP contribution >= 0.6 is 11.6 Å². The lowest BCUT2D eigenvalue weighted by Gasteiger charge is -2.26. The number of carbonyl (C=O) groups is 2. The zero-order chi connectivity index (χ0) is 24.3. The summed E-state index contributed by atoms with van der Waals surface area (Å²) in [5, 5.41) is 8.29. The molecule has 0 aliphatic rings. The number of carbonyl (C=O) groups excluding carboxylic acids is 2. The Hall–Kier alpha value is -3.12. The summed E-state index contributed by atoms with van der Waals surface area (Å²) in [4.78, 5) is 27.7. The second-order valence-electron chi connectivity index (χ2n) is 9.49. The van der Waals surface area contributed by atoms with Gasteiger partial charge in [-0.25, -0.2) is 4.68 Å². The number of amides is 2. The van der Waals surface area contributed by atoms with Gasteiger partial charge in [0, 0.05) is 28.1 Å². The quantitative estimate of drug-likeness (QED) is 0.512. The van der Waals surface area contributed by atoms with Gasteiger partial charge in [0.15, 0.2) is 0 Å². The second kappa shape index (κ2) is 9.79. The summed E-state index contributed by atoms with van der Waals surface area (Å²) in [6, 6.07) is 16.3. The molecule has 0 aliphatic carbocycles. The fraction of sp³-hybridized carbons (Fsp3) is 0.346. The Labute approximate surface area is 200 Å². The highest BCUT2D eigenvalue weighted by molar-refractivity contribution is 6.30. The summed E-state index contributed by atoms with van der Waals surface area (Å²) in [5.41, 5.74) is 3.04. The van der Waals surface area contributed by atoms with Gasteiger partial charge >= 0.3 is 0 Å². The van der Waals surface area contributed by atoms with Gasteiger partial charge in [0.05, 0.1) is 11.4 Å². The first-order chi connectivity index (χ1) is 15.5. The van der Waals surface area contributed by atoms with Crippen LogP contribution in [0.3, 0.4) is 0 Å². The van der Waals surface area contributed by atoms with Crippen LogP contribution in [0.15, 0.2) is 54.6 Å². The maximum absolute atomic E-state index is 13.1. The first-order valence-corrected chi connectivity index (χ1v) is 11.4. The maximum atomic E-state index is 13.1. The molecule has 0 spiro atoms. The molecular formula is C26H31ClN4O2. The van der Waals surface area contributed by atoms with Crippen LogP contribution in [-0.2, 0) is 10.2 Å². The lowest BCUT2D eigenvalue weighted by Crippen LogP contribution is -2.42. The van der Waals surface area contributed by atoms with Gasteiger partial charge in [0.1, 0.15) is 12.4 Å². The predicted octanol–water partition coefficient (Wildman–Crippen LogP) is 5.62. The predicted molar refractivity (Wildman–Crippen MR) is 133 cm³/mol. The third-order valence-electron chi connectivity index (χ3n) is 5.31. The molecule has 6 nitrogen and oxygen atoms in total. The van der Waals surface area contributed by atoms with Crippen molar-refractivity contribution >= 4 is 29.2 Å². The highest BCUT2D eigenvalue weighted by atomic mass is 35.5. The third-order valence-corrected chi connectivity index (χ3v) is 5.57. The number of halogens is 1. The van der Waals surface area contributed by atoms with E-state index in [4.69, 9.17) is 16.7 Å². The number of benzene rings is 2. The van der Waals surface area contributed by atoms with E-state index in [0.29, 0.717) is 16.4 Å². The van der Waals surface area contributed by atoms with Gasteiger partial charge in [0.2, 0.25) is 5.91 Å². The van der Waals surface area contributed by atoms with Crippen molar-refractivity contribution in [3.8, 4) is 5.69 Å². The van der Waals surface area contributed by atoms with Gasteiger partial charge in [-0.2, -0.15) is 5.10 Å². The second-order valence-corrected chi connectivity index (χ2v) is 9.93. The van der Waals surface area contributed by atoms with E-state index < -0.39 is 0 Å². The number of hydrogen-bond donors (Lipinski definition) is 1. The van der Waals surface area contributed by atoms with Crippen LogP contribution in [0.25, 0.3) is 5.69 Å². The van der Waals surface area contributed by atoms with E-state index in [9.17, 15) is 9.59 Å². The van der Waals surface area contributed by atoms with Gasteiger partial charge in [-0.1, -0.05) is 50.1 Å². The van der Waals surface area contributed by atoms with Gasteiger partial charge in [-0.3, -0.25) is 9.59 Å². The normalized spacial score (nSPS) is 11.5. The average Bonchev–Trinajstić information content (AvgIpc) is 3.16. The highest BCUT2D eigenvalue weighted by Crippen LogP contribution is 2.27. The number of nitrogens with zero attached hydrogens (tertiary/aromatic N) is 3. The number of aromatic nitrogens is 2. The molecule has 7 heteroatoms. The Bertz CT molecular complexity index is 1130. The van der Waals surface area contributed by atoms with E-state index in [1.807, 2.05) is 51.1 Å². The Morgan fingerprint density at radius 2 is 1.67 bits per heavy atom. The minimum Gasteiger partial charge on any atom is -0.327 e. The summed E-state index contributed by atoms with van der Waals surface area (Å²) in [7, 11) is 0. The Morgan fingerprint density at radius 1 is 1.06 bits per heavy atom. The SMILES string of the molecule is Cc1ccc(C(=O)N(CC(=O)Nc2cc(C(C)(C)C)nn2-c2ccc(Cl)cc2)C(C)C)cc1. The molecule has 1 heterocycles. The van der Waals surface area contributed by atoms with Gasteiger partial charge in [0.25, 0.3) is 5.91 Å². The molecule has 0 aliphatic heterocycles. The van der Waals surface area contributed by atoms with Crippen LogP contribution in [0.2, 0.25) is 5.02 Å². The summed E-state index contributed by atoms with van der Waals surface area (Å²) >= 11 is 6.04. The summed E-state index contributed by atoms with van der Waals surface area (Å²) in [6.07, 6.45) is 0. The molecule has 0 bridgehead atoms. The topological polar surface area (TPSA) is 67.2 Å². The molecule has 2 amide bonds. The minimum atomic E-state index is -0.292. The molecule has 0 radical (unpaired) electrons. The monoisotopic (exact) mass is 466 g/mol. The molecule has 0 unspecified atom stereocenters. The number of aryl methyl sites for hydroxylation is 1. The number of rotatable bonds is 6. The molecule has 0 fully saturated rings. The number of anilines is 1. The first kappa shape index (κ1) is 24.5. The smallest absolute Gasteiger partial charge is 0.254 e. The van der Waals surface area contributed by atoms with Crippen LogP contribution in [-0.4, -0.2) is 39.1 Å². The Kier molecular flexibility index (Phi) is 7.28. The molecule has 174 valence electrons. The van der Waals surface area contributed by atoms with Crippen molar-refractivity contribution < 1.29 is 9.59 Å². The lowest BCUT2D eigenvalue weighted by molar-refractivity contribution is -0.117. The summed E-state index contributed by atoms with van der Waals surface area (Å²) in [5.74, 6) is 0.0696. The molecule has 3 aromatic rings. The summed E-state index contributed by atoms with van der Waals surface area (Å²) in [6.45, 7) is 11.9. The first-order valence-electron chi connectivity index (χ1n) is 11.0. The van der Waals surface area contributed by atoms with Crippen LogP contribution in [0.5, 0.6) is 0 Å². The van der Waals surface area contributed by atoms with Gasteiger partial charge in [-0.05, 0) is 57.2 Å². The molecule has 1 aromatic heterocycles. The standard InChI is InChI=1S/C26H31ClN4O2/c1-17(2)30(25(33)19-9-7-18(3)8-10-19)16-24(32)28-23-15-22(26(4,5)6)29-31(23)21-13-11-20(27)12-14-21/h7-15,17H,16H2,1-6H3,(H,28,32). The zero-order valence-corrected chi connectivity index (χ0v) is 20.8. The third kappa shape index (κ3) is 6.02. The fourth-order valence-corrected chi connectivity index (χ4v) is 3.43. The molecule has 0 saturated heterocycles. The molecular weight excluding hydrogens is 436 g/mol. The van der Waals surface area contributed by atoms with Crippen molar-refractivity contribution in [3.05, 3.63) is 76.4 Å². The molecule has 2 aromatic carbocycles. The Morgan fingerprint density at radius 3 is 2.21 bits per heavy atom. The van der Waals surface area contributed by atoms with Crippen molar-refractivity contribution in [3.63, 3.8) is 0 Å². The van der Waals surface area contributed by atoms with Gasteiger partial charge in [-0.15, -0.1) is 0 Å². The van der Waals surface area contributed by atoms with Crippen molar-refractivity contribution in [1.82, 2.24) is 14.7 Å². The van der Waals surface area contributed by atoms with Crippen molar-refractivity contribution in [1.29, 1.82) is 0 Å². The van der Waals surface area contributed by atoms with E-state index in [-0.39, 0.29) is 29.8 Å². The number of hydrogen-bond acceptors (Lipinski definition) is 3. The fourth-order valence-electron chi connectivity index (χ4n) is 3.30. The van der Waals surface area contributed by atoms with Crippen molar-refractivity contribution in [2.45, 2.75) is 53.0 Å². The molecule has 0 saturated carbocycles. The number of nitrogens with one attached hydrogen (secondary N) is 1. The molecule has 0 atom stereocenters. The lowest BCUT2D eigenvalue weighted by atomic mass is 9.92. The van der Waals surface area contributed by atoms with E-state index in [0.717, 1.165) is 16.9 Å². The Balaban J connectivity index is 1.86. The summed E-state index contributed by atoms with van der Waals surface area (Å²) < 4.78 is 1.69. The van der Waals surface area contributed by atoms with Crippen molar-refractivity contribution in [2.75, 3.05) is 11.9 Å². The van der Waals surface area contributed by atoms with Crippen LogP contribution < -0.4 is 5.32 Å². The van der Waals surface area contributed by atoms with Crippen LogP contribution in [0.4, 0.5) is 5.82 Å². The maximum Gasteiger partial charge on any atom is 0.254 e. The molecule has 3 rings (SSSR count). The largest absolute Gasteiger partial charge is 0.327 e. The highest BCUT2D eigenvalue weighted by Gasteiger charge is 2.24. The van der Waals surface area contributed by atoms with E-state index in [1.54, 1.807) is 33.8 Å². The zero-order valence-electron chi connectivity index (χ0n) is 20.0. The average molecular weight is 467 g/mol. The van der Waals surface area contributed by atoms with E-state index >= 15 is 0 Å². The molecule has 33 heavy (non-hydrogen) atoms. The molecule has 1 N–H and O–H groups in total. The van der Waals surface area contributed by atoms with E-state index in [2.05, 4.69) is 26.1 Å². The van der Waals surface area contributed by atoms with Gasteiger partial charge < -0.3 is 10.2 Å². The van der Waals surface area contributed by atoms with Crippen molar-refractivity contribution in [2.24, 2.45) is 0 Å². The minimum absolute atomic E-state index is 0.0684. The van der Waals surface area contributed by atoms with Crippen LogP contribution in [0.1, 0.15) is 56.2 Å².